The van der Waals surface area contributed by atoms with Gasteiger partial charge in [0.2, 0.25) is 10.0 Å². The van der Waals surface area contributed by atoms with Crippen molar-refractivity contribution in [1.29, 1.82) is 0 Å². The van der Waals surface area contributed by atoms with Gasteiger partial charge in [0.15, 0.2) is 0 Å². The first-order valence-corrected chi connectivity index (χ1v) is 10.1. The quantitative estimate of drug-likeness (QED) is 0.436. The van der Waals surface area contributed by atoms with Gasteiger partial charge in [-0.2, -0.15) is 4.31 Å². The van der Waals surface area contributed by atoms with E-state index in [-0.39, 0.29) is 6.61 Å². The van der Waals surface area contributed by atoms with E-state index < -0.39 is 15.6 Å². The summed E-state index contributed by atoms with van der Waals surface area (Å²) >= 11 is 0. The lowest BCUT2D eigenvalue weighted by atomic mass is 10.2. The Morgan fingerprint density at radius 2 is 1.93 bits per heavy atom. The summed E-state index contributed by atoms with van der Waals surface area (Å²) in [4.78, 5) is 0.299. The number of ether oxygens (including phenoxy) is 2. The molecule has 1 aliphatic rings. The van der Waals surface area contributed by atoms with Gasteiger partial charge in [-0.15, -0.1) is 0 Å². The lowest BCUT2D eigenvalue weighted by Crippen LogP contribution is -2.20. The van der Waals surface area contributed by atoms with E-state index in [1.165, 1.54) is 4.31 Å². The van der Waals surface area contributed by atoms with E-state index in [2.05, 4.69) is 11.8 Å². The lowest BCUT2D eigenvalue weighted by Gasteiger charge is -2.08. The molecule has 1 aliphatic heterocycles. The number of rotatable bonds is 6. The van der Waals surface area contributed by atoms with Crippen molar-refractivity contribution >= 4 is 10.0 Å². The molecule has 6 heteroatoms. The first kappa shape index (κ1) is 19.4. The third-order valence-electron chi connectivity index (χ3n) is 4.44. The average molecular weight is 385 g/mol. The smallest absolute Gasteiger partial charge is 0.244 e. The normalized spacial score (nSPS) is 21.2. The van der Waals surface area contributed by atoms with E-state index in [4.69, 9.17) is 9.47 Å². The molecule has 0 bridgehead atoms. The number of aryl methyl sites for hydroxylation is 1. The molecule has 0 spiro atoms. The van der Waals surface area contributed by atoms with Crippen molar-refractivity contribution in [2.45, 2.75) is 30.9 Å². The van der Waals surface area contributed by atoms with Crippen molar-refractivity contribution < 1.29 is 17.9 Å². The van der Waals surface area contributed by atoms with Crippen molar-refractivity contribution in [3.8, 4) is 17.6 Å². The van der Waals surface area contributed by atoms with Crippen LogP contribution in [0.15, 0.2) is 53.4 Å². The second-order valence-electron chi connectivity index (χ2n) is 6.74. The summed E-state index contributed by atoms with van der Waals surface area (Å²) in [5, 5.41) is 0. The SMILES string of the molecule is COc1cccc(COCC#CC2(C)CN2S(=O)(=O)c2ccc(C)cc2)c1. The highest BCUT2D eigenvalue weighted by Gasteiger charge is 2.54. The maximum atomic E-state index is 12.7. The Hall–Kier alpha value is -2.33. The van der Waals surface area contributed by atoms with Crippen molar-refractivity contribution in [3.63, 3.8) is 0 Å². The Morgan fingerprint density at radius 3 is 2.63 bits per heavy atom. The van der Waals surface area contributed by atoms with E-state index >= 15 is 0 Å². The van der Waals surface area contributed by atoms with Crippen LogP contribution in [-0.2, 0) is 21.4 Å². The molecule has 0 N–H and O–H groups in total. The average Bonchev–Trinajstić information content (AvgIpc) is 3.35. The fraction of sp³-hybridized carbons (Fsp3) is 0.333. The van der Waals surface area contributed by atoms with Crippen LogP contribution in [0.3, 0.4) is 0 Å². The fourth-order valence-corrected chi connectivity index (χ4v) is 4.47. The van der Waals surface area contributed by atoms with Gasteiger partial charge in [0, 0.05) is 6.54 Å². The molecule has 2 unspecified atom stereocenters. The van der Waals surface area contributed by atoms with Gasteiger partial charge in [-0.3, -0.25) is 0 Å². The van der Waals surface area contributed by atoms with Crippen LogP contribution in [0.2, 0.25) is 0 Å². The molecule has 2 atom stereocenters. The van der Waals surface area contributed by atoms with Crippen LogP contribution in [0.25, 0.3) is 0 Å². The van der Waals surface area contributed by atoms with Crippen LogP contribution in [0.1, 0.15) is 18.1 Å². The number of benzene rings is 2. The minimum Gasteiger partial charge on any atom is -0.497 e. The second kappa shape index (κ2) is 7.73. The number of methoxy groups -OCH3 is 1. The van der Waals surface area contributed by atoms with Gasteiger partial charge in [-0.05, 0) is 43.7 Å². The van der Waals surface area contributed by atoms with Gasteiger partial charge in [0.25, 0.3) is 0 Å². The highest BCUT2D eigenvalue weighted by molar-refractivity contribution is 7.89. The molecule has 1 heterocycles. The maximum absolute atomic E-state index is 12.7. The van der Waals surface area contributed by atoms with Crippen LogP contribution in [0.5, 0.6) is 5.75 Å². The van der Waals surface area contributed by atoms with Crippen LogP contribution >= 0.6 is 0 Å². The zero-order chi connectivity index (χ0) is 19.5. The number of sulfonamides is 1. The van der Waals surface area contributed by atoms with E-state index in [9.17, 15) is 8.42 Å². The van der Waals surface area contributed by atoms with Gasteiger partial charge in [-0.1, -0.05) is 41.7 Å². The molecule has 0 aliphatic carbocycles. The first-order valence-electron chi connectivity index (χ1n) is 8.65. The second-order valence-corrected chi connectivity index (χ2v) is 8.61. The van der Waals surface area contributed by atoms with Crippen LogP contribution < -0.4 is 4.74 Å². The fourth-order valence-electron chi connectivity index (χ4n) is 2.74. The van der Waals surface area contributed by atoms with Crippen molar-refractivity contribution in [2.75, 3.05) is 20.3 Å². The molecular weight excluding hydrogens is 362 g/mol. The zero-order valence-electron chi connectivity index (χ0n) is 15.7. The maximum Gasteiger partial charge on any atom is 0.244 e. The molecule has 2 aromatic rings. The topological polar surface area (TPSA) is 55.6 Å². The summed E-state index contributed by atoms with van der Waals surface area (Å²) in [5.41, 5.74) is 1.36. The van der Waals surface area contributed by atoms with Gasteiger partial charge in [0.1, 0.15) is 17.9 Å². The molecule has 1 saturated heterocycles. The molecule has 1 fully saturated rings. The standard InChI is InChI=1S/C21H23NO4S/c1-17-8-10-20(11-9-17)27(23,24)22-16-21(22,2)12-5-13-26-15-18-6-4-7-19(14-18)25-3/h4,6-11,14H,13,15-16H2,1-3H3. The van der Waals surface area contributed by atoms with E-state index in [1.54, 1.807) is 31.4 Å². The van der Waals surface area contributed by atoms with Crippen molar-refractivity contribution in [1.82, 2.24) is 4.31 Å². The molecule has 0 radical (unpaired) electrons. The summed E-state index contributed by atoms with van der Waals surface area (Å²) in [6, 6.07) is 14.5. The Morgan fingerprint density at radius 1 is 1.19 bits per heavy atom. The third kappa shape index (κ3) is 4.51. The molecule has 27 heavy (non-hydrogen) atoms. The largest absolute Gasteiger partial charge is 0.497 e. The van der Waals surface area contributed by atoms with Gasteiger partial charge < -0.3 is 9.47 Å². The monoisotopic (exact) mass is 385 g/mol. The minimum atomic E-state index is -3.51. The highest BCUT2D eigenvalue weighted by Crippen LogP contribution is 2.37. The summed E-state index contributed by atoms with van der Waals surface area (Å²) in [5.74, 6) is 6.75. The van der Waals surface area contributed by atoms with Crippen LogP contribution in [0.4, 0.5) is 0 Å². The Balaban J connectivity index is 1.55. The zero-order valence-corrected chi connectivity index (χ0v) is 16.5. The van der Waals surface area contributed by atoms with Crippen molar-refractivity contribution in [2.24, 2.45) is 0 Å². The number of hydrogen-bond donors (Lipinski definition) is 0. The summed E-state index contributed by atoms with van der Waals surface area (Å²) in [6.45, 7) is 4.81. The highest BCUT2D eigenvalue weighted by atomic mass is 32.2. The molecule has 0 saturated carbocycles. The molecular formula is C21H23NO4S. The molecule has 0 aromatic heterocycles. The Labute approximate surface area is 161 Å². The lowest BCUT2D eigenvalue weighted by molar-refractivity contribution is 0.153. The Bertz CT molecular complexity index is 973. The van der Waals surface area contributed by atoms with E-state index in [1.807, 2.05) is 38.1 Å². The summed E-state index contributed by atoms with van der Waals surface area (Å²) in [7, 11) is -1.88. The van der Waals surface area contributed by atoms with Gasteiger partial charge in [0.05, 0.1) is 18.6 Å². The molecule has 3 rings (SSSR count). The van der Waals surface area contributed by atoms with Gasteiger partial charge >= 0.3 is 0 Å². The van der Waals surface area contributed by atoms with Crippen LogP contribution in [0, 0.1) is 18.8 Å². The minimum absolute atomic E-state index is 0.241. The predicted octanol–water partition coefficient (Wildman–Crippen LogP) is 2.99. The van der Waals surface area contributed by atoms with E-state index in [0.717, 1.165) is 16.9 Å². The van der Waals surface area contributed by atoms with E-state index in [0.29, 0.717) is 18.0 Å². The predicted molar refractivity (Wildman–Crippen MR) is 104 cm³/mol. The Kier molecular flexibility index (Phi) is 5.56. The number of nitrogens with zero attached hydrogens (tertiary/aromatic N) is 1. The summed E-state index contributed by atoms with van der Waals surface area (Å²) in [6.07, 6.45) is 0. The van der Waals surface area contributed by atoms with Crippen LogP contribution in [-0.4, -0.2) is 38.5 Å². The van der Waals surface area contributed by atoms with Crippen molar-refractivity contribution in [3.05, 3.63) is 59.7 Å². The molecule has 5 nitrogen and oxygen atoms in total. The first-order chi connectivity index (χ1) is 12.8. The third-order valence-corrected chi connectivity index (χ3v) is 6.42. The number of hydrogen-bond acceptors (Lipinski definition) is 4. The van der Waals surface area contributed by atoms with Gasteiger partial charge in [-0.25, -0.2) is 8.42 Å². The molecule has 2 aromatic carbocycles. The molecule has 0 amide bonds. The molecule has 142 valence electrons. The summed E-state index contributed by atoms with van der Waals surface area (Å²) < 4.78 is 37.5.